The molecule has 1 N–H and O–H groups in total. The van der Waals surface area contributed by atoms with Gasteiger partial charge in [0.25, 0.3) is 0 Å². The zero-order valence-electron chi connectivity index (χ0n) is 13.0. The van der Waals surface area contributed by atoms with Gasteiger partial charge in [0.15, 0.2) is 5.76 Å². The number of carbonyl (C=O) groups excluding carboxylic acids is 1. The monoisotopic (exact) mass is 342 g/mol. The molecule has 0 atom stereocenters. The molecule has 6 heteroatoms. The van der Waals surface area contributed by atoms with Gasteiger partial charge in [0, 0.05) is 22.3 Å². The van der Waals surface area contributed by atoms with Crippen molar-refractivity contribution in [2.45, 2.75) is 6.42 Å². The van der Waals surface area contributed by atoms with E-state index in [9.17, 15) is 4.79 Å². The molecule has 122 valence electrons. The van der Waals surface area contributed by atoms with Crippen LogP contribution < -0.4 is 10.1 Å². The second kappa shape index (κ2) is 7.19. The summed E-state index contributed by atoms with van der Waals surface area (Å²) in [6.07, 6.45) is 0.128. The fourth-order valence-corrected chi connectivity index (χ4v) is 2.32. The van der Waals surface area contributed by atoms with Crippen LogP contribution in [0.1, 0.15) is 5.69 Å². The van der Waals surface area contributed by atoms with Crippen LogP contribution >= 0.6 is 11.6 Å². The molecule has 0 aliphatic rings. The average molecular weight is 343 g/mol. The third-order valence-electron chi connectivity index (χ3n) is 3.40. The number of hydrogen-bond acceptors (Lipinski definition) is 4. The first-order chi connectivity index (χ1) is 11.6. The number of rotatable bonds is 5. The lowest BCUT2D eigenvalue weighted by molar-refractivity contribution is -0.115. The maximum absolute atomic E-state index is 12.1. The Labute approximate surface area is 144 Å². The summed E-state index contributed by atoms with van der Waals surface area (Å²) in [6.45, 7) is 0. The minimum atomic E-state index is -0.170. The van der Waals surface area contributed by atoms with Crippen LogP contribution in [-0.4, -0.2) is 18.2 Å². The smallest absolute Gasteiger partial charge is 0.230 e. The molecule has 1 heterocycles. The number of carbonyl (C=O) groups is 1. The van der Waals surface area contributed by atoms with Crippen molar-refractivity contribution >= 4 is 23.2 Å². The van der Waals surface area contributed by atoms with Crippen molar-refractivity contribution in [2.75, 3.05) is 12.4 Å². The summed E-state index contributed by atoms with van der Waals surface area (Å²) in [4.78, 5) is 12.1. The fraction of sp³-hybridized carbons (Fsp3) is 0.111. The number of aromatic nitrogens is 1. The van der Waals surface area contributed by atoms with E-state index in [1.54, 1.807) is 49.6 Å². The topological polar surface area (TPSA) is 64.4 Å². The van der Waals surface area contributed by atoms with E-state index in [0.717, 1.165) is 11.3 Å². The van der Waals surface area contributed by atoms with Crippen LogP contribution in [0.4, 0.5) is 5.69 Å². The predicted molar refractivity (Wildman–Crippen MR) is 92.3 cm³/mol. The molecule has 0 aliphatic heterocycles. The Morgan fingerprint density at radius 2 is 1.88 bits per heavy atom. The van der Waals surface area contributed by atoms with Crippen molar-refractivity contribution in [1.82, 2.24) is 5.16 Å². The standard InChI is InChI=1S/C18H15ClN2O3/c1-23-16-8-6-14(7-9-16)20-18(22)11-15-10-17(24-21-15)12-2-4-13(19)5-3-12/h2-10H,11H2,1H3,(H,20,22). The Bertz CT molecular complexity index is 826. The molecule has 0 saturated carbocycles. The Morgan fingerprint density at radius 1 is 1.17 bits per heavy atom. The van der Waals surface area contributed by atoms with Gasteiger partial charge in [-0.25, -0.2) is 0 Å². The molecule has 2 aromatic carbocycles. The molecule has 24 heavy (non-hydrogen) atoms. The Balaban J connectivity index is 1.63. The number of nitrogens with zero attached hydrogens (tertiary/aromatic N) is 1. The van der Waals surface area contributed by atoms with Crippen LogP contribution in [0, 0.1) is 0 Å². The number of halogens is 1. The van der Waals surface area contributed by atoms with Crippen LogP contribution in [-0.2, 0) is 11.2 Å². The molecule has 0 spiro atoms. The van der Waals surface area contributed by atoms with Gasteiger partial charge in [-0.1, -0.05) is 16.8 Å². The van der Waals surface area contributed by atoms with Gasteiger partial charge in [-0.3, -0.25) is 4.79 Å². The first-order valence-electron chi connectivity index (χ1n) is 7.29. The van der Waals surface area contributed by atoms with Gasteiger partial charge in [0.05, 0.1) is 19.2 Å². The quantitative estimate of drug-likeness (QED) is 0.755. The number of hydrogen-bond donors (Lipinski definition) is 1. The summed E-state index contributed by atoms with van der Waals surface area (Å²) in [5.74, 6) is 1.16. The summed E-state index contributed by atoms with van der Waals surface area (Å²) in [6, 6.07) is 16.1. The van der Waals surface area contributed by atoms with Crippen LogP contribution in [0.5, 0.6) is 5.75 Å². The van der Waals surface area contributed by atoms with Gasteiger partial charge in [0.1, 0.15) is 5.75 Å². The van der Waals surface area contributed by atoms with E-state index in [2.05, 4.69) is 10.5 Å². The molecule has 0 unspecified atom stereocenters. The van der Waals surface area contributed by atoms with Crippen molar-refractivity contribution in [3.63, 3.8) is 0 Å². The first-order valence-corrected chi connectivity index (χ1v) is 7.67. The van der Waals surface area contributed by atoms with Gasteiger partial charge in [-0.15, -0.1) is 0 Å². The summed E-state index contributed by atoms with van der Waals surface area (Å²) in [5, 5.41) is 7.39. The highest BCUT2D eigenvalue weighted by Gasteiger charge is 2.11. The zero-order chi connectivity index (χ0) is 16.9. The van der Waals surface area contributed by atoms with Gasteiger partial charge in [-0.05, 0) is 48.5 Å². The Morgan fingerprint density at radius 3 is 2.54 bits per heavy atom. The lowest BCUT2D eigenvalue weighted by Gasteiger charge is -2.05. The summed E-state index contributed by atoms with van der Waals surface area (Å²) < 4.78 is 10.4. The minimum Gasteiger partial charge on any atom is -0.497 e. The number of benzene rings is 2. The van der Waals surface area contributed by atoms with Gasteiger partial charge in [-0.2, -0.15) is 0 Å². The number of ether oxygens (including phenoxy) is 1. The van der Waals surface area contributed by atoms with Crippen LogP contribution in [0.15, 0.2) is 59.1 Å². The highest BCUT2D eigenvalue weighted by molar-refractivity contribution is 6.30. The van der Waals surface area contributed by atoms with Crippen molar-refractivity contribution < 1.29 is 14.1 Å². The lowest BCUT2D eigenvalue weighted by Crippen LogP contribution is -2.14. The van der Waals surface area contributed by atoms with Crippen LogP contribution in [0.2, 0.25) is 5.02 Å². The van der Waals surface area contributed by atoms with E-state index < -0.39 is 0 Å². The SMILES string of the molecule is COc1ccc(NC(=O)Cc2cc(-c3ccc(Cl)cc3)on2)cc1. The molecule has 0 aliphatic carbocycles. The number of nitrogens with one attached hydrogen (secondary N) is 1. The maximum atomic E-state index is 12.1. The van der Waals surface area contributed by atoms with Crippen molar-refractivity contribution in [3.8, 4) is 17.1 Å². The largest absolute Gasteiger partial charge is 0.497 e. The molecular weight excluding hydrogens is 328 g/mol. The number of methoxy groups -OCH3 is 1. The highest BCUT2D eigenvalue weighted by Crippen LogP contribution is 2.22. The van der Waals surface area contributed by atoms with E-state index in [1.165, 1.54) is 0 Å². The predicted octanol–water partition coefficient (Wildman–Crippen LogP) is 4.18. The maximum Gasteiger partial charge on any atom is 0.230 e. The molecule has 1 aromatic heterocycles. The third kappa shape index (κ3) is 3.94. The van der Waals surface area contributed by atoms with Gasteiger partial charge >= 0.3 is 0 Å². The highest BCUT2D eigenvalue weighted by atomic mass is 35.5. The normalized spacial score (nSPS) is 10.4. The van der Waals surface area contributed by atoms with Gasteiger partial charge < -0.3 is 14.6 Å². The molecule has 3 rings (SSSR count). The molecule has 0 bridgehead atoms. The molecule has 5 nitrogen and oxygen atoms in total. The zero-order valence-corrected chi connectivity index (χ0v) is 13.7. The van der Waals surface area contributed by atoms with Crippen molar-refractivity contribution in [3.05, 3.63) is 65.3 Å². The first kappa shape index (κ1) is 16.1. The van der Waals surface area contributed by atoms with Crippen molar-refractivity contribution in [2.24, 2.45) is 0 Å². The number of amides is 1. The Kier molecular flexibility index (Phi) is 4.82. The molecule has 1 amide bonds. The number of anilines is 1. The van der Waals surface area contributed by atoms with Crippen LogP contribution in [0.25, 0.3) is 11.3 Å². The summed E-state index contributed by atoms with van der Waals surface area (Å²) in [5.41, 5.74) is 2.11. The molecule has 0 fully saturated rings. The lowest BCUT2D eigenvalue weighted by atomic mass is 10.1. The van der Waals surface area contributed by atoms with E-state index in [4.69, 9.17) is 20.9 Å². The molecule has 3 aromatic rings. The fourth-order valence-electron chi connectivity index (χ4n) is 2.19. The van der Waals surface area contributed by atoms with Gasteiger partial charge in [0.2, 0.25) is 5.91 Å². The molecule has 0 saturated heterocycles. The second-order valence-corrected chi connectivity index (χ2v) is 5.58. The van der Waals surface area contributed by atoms with Crippen molar-refractivity contribution in [1.29, 1.82) is 0 Å². The Hall–Kier alpha value is -2.79. The molecular formula is C18H15ClN2O3. The van der Waals surface area contributed by atoms with Crippen LogP contribution in [0.3, 0.4) is 0 Å². The van der Waals surface area contributed by atoms with E-state index >= 15 is 0 Å². The van der Waals surface area contributed by atoms with E-state index in [1.807, 2.05) is 12.1 Å². The van der Waals surface area contributed by atoms with E-state index in [0.29, 0.717) is 22.2 Å². The minimum absolute atomic E-state index is 0.128. The average Bonchev–Trinajstić information content (AvgIpc) is 3.04. The summed E-state index contributed by atoms with van der Waals surface area (Å²) >= 11 is 5.86. The second-order valence-electron chi connectivity index (χ2n) is 5.14. The summed E-state index contributed by atoms with van der Waals surface area (Å²) in [7, 11) is 1.59. The van der Waals surface area contributed by atoms with E-state index in [-0.39, 0.29) is 12.3 Å². The molecule has 0 radical (unpaired) electrons. The third-order valence-corrected chi connectivity index (χ3v) is 3.66.